The number of hydrogen-bond acceptors (Lipinski definition) is 5. The van der Waals surface area contributed by atoms with E-state index in [9.17, 15) is 9.59 Å². The summed E-state index contributed by atoms with van der Waals surface area (Å²) in [6.45, 7) is 6.04. The summed E-state index contributed by atoms with van der Waals surface area (Å²) < 4.78 is 11.8. The van der Waals surface area contributed by atoms with Gasteiger partial charge in [-0.1, -0.05) is 6.92 Å². The Kier molecular flexibility index (Phi) is 6.80. The fourth-order valence-electron chi connectivity index (χ4n) is 3.62. The van der Waals surface area contributed by atoms with Crippen LogP contribution in [0.25, 0.3) is 0 Å². The van der Waals surface area contributed by atoms with Gasteiger partial charge in [-0.25, -0.2) is 0 Å². The van der Waals surface area contributed by atoms with Crippen LogP contribution >= 0.6 is 0 Å². The molecule has 0 radical (unpaired) electrons. The Hall–Kier alpha value is -2.12. The number of carbonyl (C=O) groups is 2. The third-order valence-corrected chi connectivity index (χ3v) is 5.97. The van der Waals surface area contributed by atoms with Crippen molar-refractivity contribution in [2.75, 3.05) is 46.2 Å². The molecule has 7 heteroatoms. The Morgan fingerprint density at radius 1 is 1.21 bits per heavy atom. The van der Waals surface area contributed by atoms with Gasteiger partial charge in [0, 0.05) is 51.0 Å². The number of rotatable bonds is 3. The molecule has 3 atom stereocenters. The summed E-state index contributed by atoms with van der Waals surface area (Å²) in [7, 11) is 5.55. The zero-order chi connectivity index (χ0) is 21.1. The smallest absolute Gasteiger partial charge is 0.257 e. The summed E-state index contributed by atoms with van der Waals surface area (Å²) in [6, 6.07) is 5.43. The van der Waals surface area contributed by atoms with Gasteiger partial charge in [0.15, 0.2) is 0 Å². The second-order valence-corrected chi connectivity index (χ2v) is 8.51. The first-order chi connectivity index (χ1) is 13.8. The van der Waals surface area contributed by atoms with Crippen molar-refractivity contribution in [1.29, 1.82) is 0 Å². The molecule has 1 aliphatic carbocycles. The van der Waals surface area contributed by atoms with Gasteiger partial charge in [0.25, 0.3) is 5.91 Å². The normalized spacial score (nSPS) is 26.7. The highest BCUT2D eigenvalue weighted by molar-refractivity contribution is 5.99. The number of carbonyl (C=O) groups excluding carboxylic acids is 2. The fraction of sp³-hybridized carbons (Fsp3) is 0.636. The first-order valence-corrected chi connectivity index (χ1v) is 10.4. The largest absolute Gasteiger partial charge is 0.491 e. The zero-order valence-corrected chi connectivity index (χ0v) is 18.1. The van der Waals surface area contributed by atoms with Crippen molar-refractivity contribution in [2.24, 2.45) is 11.8 Å². The third kappa shape index (κ3) is 5.28. The molecule has 1 aromatic carbocycles. The number of hydrogen-bond donors (Lipinski definition) is 1. The van der Waals surface area contributed by atoms with Gasteiger partial charge in [-0.05, 0) is 44.9 Å². The van der Waals surface area contributed by atoms with E-state index in [1.54, 1.807) is 37.3 Å². The van der Waals surface area contributed by atoms with Crippen LogP contribution < -0.4 is 10.1 Å². The average molecular weight is 404 g/mol. The predicted octanol–water partition coefficient (Wildman–Crippen LogP) is 2.47. The molecule has 1 saturated carbocycles. The molecule has 0 unspecified atom stereocenters. The van der Waals surface area contributed by atoms with Crippen LogP contribution in [0.2, 0.25) is 0 Å². The van der Waals surface area contributed by atoms with Crippen LogP contribution in [-0.4, -0.2) is 74.7 Å². The van der Waals surface area contributed by atoms with Crippen LogP contribution in [-0.2, 0) is 9.53 Å². The van der Waals surface area contributed by atoms with Crippen molar-refractivity contribution in [3.05, 3.63) is 23.8 Å². The maximum absolute atomic E-state index is 13.1. The van der Waals surface area contributed by atoms with Crippen molar-refractivity contribution in [3.63, 3.8) is 0 Å². The molecule has 1 N–H and O–H groups in total. The van der Waals surface area contributed by atoms with E-state index in [1.165, 1.54) is 0 Å². The Labute approximate surface area is 173 Å². The number of methoxy groups -OCH3 is 1. The van der Waals surface area contributed by atoms with E-state index in [0.717, 1.165) is 19.4 Å². The van der Waals surface area contributed by atoms with Crippen molar-refractivity contribution in [2.45, 2.75) is 38.8 Å². The lowest BCUT2D eigenvalue weighted by atomic mass is 10.0. The highest BCUT2D eigenvalue weighted by atomic mass is 16.5. The Morgan fingerprint density at radius 2 is 1.93 bits per heavy atom. The molecule has 0 spiro atoms. The van der Waals surface area contributed by atoms with Gasteiger partial charge >= 0.3 is 0 Å². The van der Waals surface area contributed by atoms with Gasteiger partial charge in [-0.2, -0.15) is 0 Å². The Bertz CT molecular complexity index is 750. The summed E-state index contributed by atoms with van der Waals surface area (Å²) >= 11 is 0. The van der Waals surface area contributed by atoms with E-state index in [-0.39, 0.29) is 35.8 Å². The quantitative estimate of drug-likeness (QED) is 0.840. The van der Waals surface area contributed by atoms with Crippen LogP contribution in [0.1, 0.15) is 37.0 Å². The minimum absolute atomic E-state index is 0.0339. The highest BCUT2D eigenvalue weighted by Crippen LogP contribution is 2.31. The molecular weight excluding hydrogens is 370 g/mol. The fourth-order valence-corrected chi connectivity index (χ4v) is 3.62. The first kappa shape index (κ1) is 21.6. The van der Waals surface area contributed by atoms with Crippen LogP contribution in [0, 0.1) is 11.8 Å². The van der Waals surface area contributed by atoms with Gasteiger partial charge in [0.05, 0.1) is 11.7 Å². The van der Waals surface area contributed by atoms with Gasteiger partial charge < -0.3 is 19.7 Å². The molecule has 1 fully saturated rings. The van der Waals surface area contributed by atoms with Crippen LogP contribution in [0.5, 0.6) is 5.75 Å². The average Bonchev–Trinajstić information content (AvgIpc) is 3.54. The summed E-state index contributed by atoms with van der Waals surface area (Å²) in [5, 5.41) is 2.93. The molecule has 29 heavy (non-hydrogen) atoms. The number of likely N-dealkylation sites (N-methyl/N-ethyl adjacent to an activating group) is 2. The molecule has 1 aromatic rings. The van der Waals surface area contributed by atoms with Crippen LogP contribution in [0.15, 0.2) is 18.2 Å². The number of benzene rings is 1. The van der Waals surface area contributed by atoms with E-state index in [0.29, 0.717) is 30.2 Å². The van der Waals surface area contributed by atoms with Crippen molar-refractivity contribution < 1.29 is 19.1 Å². The summed E-state index contributed by atoms with van der Waals surface area (Å²) in [5.41, 5.74) is 1.16. The molecule has 0 aromatic heterocycles. The maximum atomic E-state index is 13.1. The highest BCUT2D eigenvalue weighted by Gasteiger charge is 2.30. The lowest BCUT2D eigenvalue weighted by Gasteiger charge is -2.34. The number of nitrogens with one attached hydrogen (secondary N) is 1. The lowest BCUT2D eigenvalue weighted by molar-refractivity contribution is -0.117. The molecule has 3 rings (SSSR count). The van der Waals surface area contributed by atoms with E-state index in [1.807, 2.05) is 0 Å². The monoisotopic (exact) mass is 403 g/mol. The lowest BCUT2D eigenvalue weighted by Crippen LogP contribution is -2.45. The van der Waals surface area contributed by atoms with Crippen molar-refractivity contribution in [3.8, 4) is 5.75 Å². The van der Waals surface area contributed by atoms with E-state index >= 15 is 0 Å². The predicted molar refractivity (Wildman–Crippen MR) is 112 cm³/mol. The number of anilines is 1. The van der Waals surface area contributed by atoms with Crippen molar-refractivity contribution >= 4 is 17.5 Å². The van der Waals surface area contributed by atoms with Gasteiger partial charge in [-0.3, -0.25) is 14.5 Å². The van der Waals surface area contributed by atoms with Crippen LogP contribution in [0.4, 0.5) is 5.69 Å². The number of ether oxygens (including phenoxy) is 2. The second kappa shape index (κ2) is 9.13. The summed E-state index contributed by atoms with van der Waals surface area (Å²) in [4.78, 5) is 29.2. The summed E-state index contributed by atoms with van der Waals surface area (Å²) in [5.74, 6) is 0.800. The first-order valence-electron chi connectivity index (χ1n) is 10.4. The van der Waals surface area contributed by atoms with Gasteiger partial charge in [0.1, 0.15) is 12.4 Å². The molecule has 2 aliphatic rings. The van der Waals surface area contributed by atoms with Crippen LogP contribution in [0.3, 0.4) is 0 Å². The molecule has 160 valence electrons. The number of amides is 2. The molecular formula is C22H33N3O4. The minimum Gasteiger partial charge on any atom is -0.491 e. The Morgan fingerprint density at radius 3 is 2.59 bits per heavy atom. The molecule has 1 heterocycles. The molecule has 0 saturated heterocycles. The maximum Gasteiger partial charge on any atom is 0.257 e. The number of nitrogens with zero attached hydrogens (tertiary/aromatic N) is 2. The SMILES string of the molecule is CO[C@@H]1CN(C)C(=O)c2ccc(NC(=O)C3CC3)cc2OC[C@@H](C)N(C)C[C@@H]1C. The molecule has 0 bridgehead atoms. The van der Waals surface area contributed by atoms with E-state index in [4.69, 9.17) is 9.47 Å². The Balaban J connectivity index is 1.88. The third-order valence-electron chi connectivity index (χ3n) is 5.97. The van der Waals surface area contributed by atoms with Gasteiger partial charge in [-0.15, -0.1) is 0 Å². The van der Waals surface area contributed by atoms with Crippen molar-refractivity contribution in [1.82, 2.24) is 9.80 Å². The minimum atomic E-state index is -0.115. The molecule has 2 amide bonds. The van der Waals surface area contributed by atoms with E-state index < -0.39 is 0 Å². The summed E-state index contributed by atoms with van der Waals surface area (Å²) in [6.07, 6.45) is 1.83. The molecule has 7 nitrogen and oxygen atoms in total. The topological polar surface area (TPSA) is 71.1 Å². The zero-order valence-electron chi connectivity index (χ0n) is 18.1. The molecule has 1 aliphatic heterocycles. The van der Waals surface area contributed by atoms with Gasteiger partial charge in [0.2, 0.25) is 5.91 Å². The second-order valence-electron chi connectivity index (χ2n) is 8.51. The standard InChI is InChI=1S/C22H33N3O4/c1-14-11-24(3)15(2)13-29-19-10-17(23-21(26)16-6-7-16)8-9-18(19)22(27)25(4)12-20(14)28-5/h8-10,14-16,20H,6-7,11-13H2,1-5H3,(H,23,26)/t14-,15+,20+/m0/s1. The number of fused-ring (bicyclic) bond motifs is 1. The van der Waals surface area contributed by atoms with E-state index in [2.05, 4.69) is 31.1 Å².